The monoisotopic (exact) mass is 432 g/mol. The molecule has 0 unspecified atom stereocenters. The van der Waals surface area contributed by atoms with Gasteiger partial charge in [0.2, 0.25) is 0 Å². The normalized spacial score (nSPS) is 12.1. The fraction of sp³-hybridized carbons (Fsp3) is 0.0769. The van der Waals surface area contributed by atoms with Crippen LogP contribution in [-0.2, 0) is 16.2 Å². The van der Waals surface area contributed by atoms with Gasteiger partial charge < -0.3 is 0 Å². The topological polar surface area (TPSA) is 76.1 Å². The van der Waals surface area contributed by atoms with E-state index in [-0.39, 0.29) is 10.7 Å². The Morgan fingerprint density at radius 2 is 1.80 bits per heavy atom. The predicted octanol–water partition coefficient (Wildman–Crippen LogP) is 4.59. The molecule has 0 aliphatic carbocycles. The summed E-state index contributed by atoms with van der Waals surface area (Å²) in [6, 6.07) is 3.08. The van der Waals surface area contributed by atoms with Crippen LogP contribution in [0.25, 0.3) is 0 Å². The number of halogens is 6. The molecular formula is C13H6Cl3F3N2O3S. The fourth-order valence-corrected chi connectivity index (χ4v) is 3.38. The molecule has 1 aromatic heterocycles. The molecule has 0 aliphatic heterocycles. The Morgan fingerprint density at radius 3 is 2.36 bits per heavy atom. The molecule has 2 aromatic rings. The van der Waals surface area contributed by atoms with E-state index >= 15 is 0 Å². The van der Waals surface area contributed by atoms with Crippen molar-refractivity contribution in [1.82, 2.24) is 4.98 Å². The van der Waals surface area contributed by atoms with E-state index < -0.39 is 42.6 Å². The number of pyridine rings is 1. The third-order valence-corrected chi connectivity index (χ3v) is 4.92. The van der Waals surface area contributed by atoms with E-state index in [1.54, 1.807) is 0 Å². The van der Waals surface area contributed by atoms with E-state index in [0.717, 1.165) is 24.4 Å². The highest BCUT2D eigenvalue weighted by molar-refractivity contribution is 7.92. The Balaban J connectivity index is 2.51. The van der Waals surface area contributed by atoms with Crippen LogP contribution in [0.1, 0.15) is 16.1 Å². The van der Waals surface area contributed by atoms with Crippen LogP contribution in [0.5, 0.6) is 0 Å². The van der Waals surface area contributed by atoms with Crippen LogP contribution in [0, 0.1) is 0 Å². The summed E-state index contributed by atoms with van der Waals surface area (Å²) in [6.45, 7) is 0. The van der Waals surface area contributed by atoms with E-state index in [2.05, 4.69) is 4.98 Å². The van der Waals surface area contributed by atoms with Gasteiger partial charge >= 0.3 is 6.18 Å². The standard InChI is InChI=1S/C13H6Cl3F3N2O3S/c14-6-3-10(11(12(16)22)20-5-6)21-25(23,24)7-1-2-9(15)8(4-7)13(17,18)19/h1-5,21H. The summed E-state index contributed by atoms with van der Waals surface area (Å²) >= 11 is 16.4. The van der Waals surface area contributed by atoms with Crippen molar-refractivity contribution in [3.05, 3.63) is 51.8 Å². The van der Waals surface area contributed by atoms with Gasteiger partial charge in [-0.1, -0.05) is 23.2 Å². The molecule has 12 heteroatoms. The molecule has 0 radical (unpaired) electrons. The highest BCUT2D eigenvalue weighted by Crippen LogP contribution is 2.36. The lowest BCUT2D eigenvalue weighted by Gasteiger charge is -2.13. The van der Waals surface area contributed by atoms with Crippen molar-refractivity contribution in [2.45, 2.75) is 11.1 Å². The van der Waals surface area contributed by atoms with Gasteiger partial charge in [-0.3, -0.25) is 9.52 Å². The Bertz CT molecular complexity index is 949. The van der Waals surface area contributed by atoms with Crippen LogP contribution in [0.2, 0.25) is 10.0 Å². The maximum atomic E-state index is 12.9. The number of rotatable bonds is 4. The molecule has 0 fully saturated rings. The summed E-state index contributed by atoms with van der Waals surface area (Å²) in [6.07, 6.45) is -3.80. The first-order valence-electron chi connectivity index (χ1n) is 6.17. The second kappa shape index (κ2) is 6.99. The summed E-state index contributed by atoms with van der Waals surface area (Å²) in [5.41, 5.74) is -2.16. The Morgan fingerprint density at radius 1 is 1.16 bits per heavy atom. The summed E-state index contributed by atoms with van der Waals surface area (Å²) in [4.78, 5) is 14.1. The molecule has 2 rings (SSSR count). The van der Waals surface area contributed by atoms with E-state index in [9.17, 15) is 26.4 Å². The second-order valence-electron chi connectivity index (χ2n) is 4.57. The number of nitrogens with zero attached hydrogens (tertiary/aromatic N) is 1. The van der Waals surface area contributed by atoms with Crippen molar-refractivity contribution < 1.29 is 26.4 Å². The van der Waals surface area contributed by atoms with Gasteiger partial charge in [-0.15, -0.1) is 0 Å². The van der Waals surface area contributed by atoms with E-state index in [4.69, 9.17) is 34.8 Å². The molecule has 0 saturated carbocycles. The van der Waals surface area contributed by atoms with Gasteiger partial charge in [-0.05, 0) is 35.9 Å². The first-order chi connectivity index (χ1) is 11.4. The number of hydrogen-bond donors (Lipinski definition) is 1. The van der Waals surface area contributed by atoms with Gasteiger partial charge in [0.25, 0.3) is 15.3 Å². The number of carbonyl (C=O) groups is 1. The predicted molar refractivity (Wildman–Crippen MR) is 86.7 cm³/mol. The number of alkyl halides is 3. The van der Waals surface area contributed by atoms with Crippen LogP contribution in [-0.4, -0.2) is 18.6 Å². The Labute approximate surface area is 154 Å². The van der Waals surface area contributed by atoms with Gasteiger partial charge in [-0.2, -0.15) is 13.2 Å². The average Bonchev–Trinajstić information content (AvgIpc) is 2.45. The Hall–Kier alpha value is -1.55. The maximum Gasteiger partial charge on any atom is 0.417 e. The van der Waals surface area contributed by atoms with Crippen molar-refractivity contribution >= 4 is 55.8 Å². The van der Waals surface area contributed by atoms with Crippen LogP contribution < -0.4 is 4.72 Å². The number of sulfonamides is 1. The molecule has 0 aliphatic rings. The third-order valence-electron chi connectivity index (χ3n) is 2.84. The molecular weight excluding hydrogens is 428 g/mol. The molecule has 5 nitrogen and oxygen atoms in total. The van der Waals surface area contributed by atoms with Crippen LogP contribution >= 0.6 is 34.8 Å². The van der Waals surface area contributed by atoms with Crippen molar-refractivity contribution in [3.63, 3.8) is 0 Å². The van der Waals surface area contributed by atoms with Crippen LogP contribution in [0.4, 0.5) is 18.9 Å². The van der Waals surface area contributed by atoms with E-state index in [1.165, 1.54) is 0 Å². The van der Waals surface area contributed by atoms with Gasteiger partial charge in [-0.25, -0.2) is 13.4 Å². The van der Waals surface area contributed by atoms with Crippen molar-refractivity contribution in [2.75, 3.05) is 4.72 Å². The SMILES string of the molecule is O=C(Cl)c1ncc(Cl)cc1NS(=O)(=O)c1ccc(Cl)c(C(F)(F)F)c1. The largest absolute Gasteiger partial charge is 0.417 e. The molecule has 1 N–H and O–H groups in total. The molecule has 134 valence electrons. The first-order valence-corrected chi connectivity index (χ1v) is 8.78. The minimum Gasteiger partial charge on any atom is -0.277 e. The van der Waals surface area contributed by atoms with Crippen molar-refractivity contribution in [2.24, 2.45) is 0 Å². The molecule has 0 saturated heterocycles. The quantitative estimate of drug-likeness (QED) is 0.716. The van der Waals surface area contributed by atoms with Gasteiger partial charge in [0.15, 0.2) is 0 Å². The molecule has 0 amide bonds. The van der Waals surface area contributed by atoms with E-state index in [0.29, 0.717) is 6.07 Å². The zero-order chi connectivity index (χ0) is 19.0. The van der Waals surface area contributed by atoms with Crippen molar-refractivity contribution in [3.8, 4) is 0 Å². The van der Waals surface area contributed by atoms with Gasteiger partial charge in [0.1, 0.15) is 5.69 Å². The summed E-state index contributed by atoms with van der Waals surface area (Å²) < 4.78 is 65.2. The third kappa shape index (κ3) is 4.55. The van der Waals surface area contributed by atoms with Crippen molar-refractivity contribution in [1.29, 1.82) is 0 Å². The number of nitrogens with one attached hydrogen (secondary N) is 1. The number of benzene rings is 1. The lowest BCUT2D eigenvalue weighted by atomic mass is 10.2. The fourth-order valence-electron chi connectivity index (χ4n) is 1.77. The second-order valence-corrected chi connectivity index (χ2v) is 7.44. The smallest absolute Gasteiger partial charge is 0.277 e. The molecule has 1 heterocycles. The minimum absolute atomic E-state index is 0.0218. The number of hydrogen-bond acceptors (Lipinski definition) is 4. The summed E-state index contributed by atoms with van der Waals surface area (Å²) in [5, 5.41) is -1.76. The molecule has 0 spiro atoms. The maximum absolute atomic E-state index is 12.9. The molecule has 0 bridgehead atoms. The summed E-state index contributed by atoms with van der Waals surface area (Å²) in [5.74, 6) is 0. The highest BCUT2D eigenvalue weighted by atomic mass is 35.5. The number of aromatic nitrogens is 1. The first kappa shape index (κ1) is 19.8. The summed E-state index contributed by atoms with van der Waals surface area (Å²) in [7, 11) is -4.50. The van der Waals surface area contributed by atoms with E-state index in [1.807, 2.05) is 4.72 Å². The zero-order valence-electron chi connectivity index (χ0n) is 11.7. The lowest BCUT2D eigenvalue weighted by Crippen LogP contribution is -2.17. The molecule has 25 heavy (non-hydrogen) atoms. The minimum atomic E-state index is -4.85. The molecule has 0 atom stereocenters. The number of carbonyl (C=O) groups excluding carboxylic acids is 1. The van der Waals surface area contributed by atoms with Crippen LogP contribution in [0.3, 0.4) is 0 Å². The highest BCUT2D eigenvalue weighted by Gasteiger charge is 2.34. The molecule has 1 aromatic carbocycles. The number of anilines is 1. The van der Waals surface area contributed by atoms with Gasteiger partial charge in [0, 0.05) is 6.20 Å². The lowest BCUT2D eigenvalue weighted by molar-refractivity contribution is -0.137. The Kier molecular flexibility index (Phi) is 5.53. The van der Waals surface area contributed by atoms with Gasteiger partial charge in [0.05, 0.1) is 26.2 Å². The average molecular weight is 434 g/mol. The van der Waals surface area contributed by atoms with Crippen LogP contribution in [0.15, 0.2) is 35.4 Å². The zero-order valence-corrected chi connectivity index (χ0v) is 14.8.